The van der Waals surface area contributed by atoms with Crippen LogP contribution in [0.15, 0.2) is 24.3 Å². The van der Waals surface area contributed by atoms with Crippen LogP contribution in [0.3, 0.4) is 0 Å². The minimum absolute atomic E-state index is 0.117. The maximum atomic E-state index is 12.2. The van der Waals surface area contributed by atoms with Crippen LogP contribution in [0.25, 0.3) is 0 Å². The summed E-state index contributed by atoms with van der Waals surface area (Å²) < 4.78 is 0. The maximum Gasteiger partial charge on any atom is 0.177 e. The fraction of sp³-hybridized carbons (Fsp3) is 0.286. The number of fused-ring (bicyclic) bond motifs is 1. The minimum atomic E-state index is -1.00. The van der Waals surface area contributed by atoms with E-state index in [0.717, 1.165) is 5.56 Å². The fourth-order valence-corrected chi connectivity index (χ4v) is 2.28. The molecule has 80 valence electrons. The summed E-state index contributed by atoms with van der Waals surface area (Å²) in [5.41, 5.74) is 0.573. The van der Waals surface area contributed by atoms with Crippen molar-refractivity contribution in [1.29, 1.82) is 0 Å². The number of hydrogen-bond donors (Lipinski definition) is 0. The van der Waals surface area contributed by atoms with Gasteiger partial charge in [-0.05, 0) is 18.9 Å². The van der Waals surface area contributed by atoms with Crippen molar-refractivity contribution in [2.45, 2.75) is 19.8 Å². The molecular weight excluding hydrogens is 200 g/mol. The smallest absolute Gasteiger partial charge is 0.177 e. The quantitative estimate of drug-likeness (QED) is 0.555. The molecule has 1 aliphatic rings. The molecular formula is C14H12O2. The molecule has 0 amide bonds. The van der Waals surface area contributed by atoms with Gasteiger partial charge in [0, 0.05) is 12.0 Å². The predicted molar refractivity (Wildman–Crippen MR) is 61.0 cm³/mol. The third-order valence-corrected chi connectivity index (χ3v) is 3.27. The molecule has 0 fully saturated rings. The van der Waals surface area contributed by atoms with Gasteiger partial charge in [0.15, 0.2) is 5.78 Å². The Labute approximate surface area is 94.7 Å². The average molecular weight is 212 g/mol. The molecule has 0 bridgehead atoms. The van der Waals surface area contributed by atoms with E-state index in [4.69, 9.17) is 6.42 Å². The molecule has 0 N–H and O–H groups in total. The lowest BCUT2D eigenvalue weighted by Gasteiger charge is -2.21. The van der Waals surface area contributed by atoms with Gasteiger partial charge in [-0.3, -0.25) is 9.59 Å². The molecule has 0 saturated carbocycles. The Bertz CT molecular complexity index is 508. The molecule has 1 aliphatic carbocycles. The zero-order valence-corrected chi connectivity index (χ0v) is 9.12. The van der Waals surface area contributed by atoms with Crippen LogP contribution in [-0.2, 0) is 11.2 Å². The molecule has 0 aromatic heterocycles. The van der Waals surface area contributed by atoms with Crippen molar-refractivity contribution in [2.24, 2.45) is 5.41 Å². The van der Waals surface area contributed by atoms with E-state index in [-0.39, 0.29) is 18.0 Å². The van der Waals surface area contributed by atoms with Crippen molar-refractivity contribution in [2.75, 3.05) is 0 Å². The summed E-state index contributed by atoms with van der Waals surface area (Å²) in [5.74, 6) is 2.21. The van der Waals surface area contributed by atoms with Crippen LogP contribution in [0, 0.1) is 17.8 Å². The van der Waals surface area contributed by atoms with Crippen molar-refractivity contribution in [3.63, 3.8) is 0 Å². The van der Waals surface area contributed by atoms with Crippen LogP contribution in [-0.4, -0.2) is 11.6 Å². The molecule has 1 unspecified atom stereocenters. The van der Waals surface area contributed by atoms with Gasteiger partial charge in [0.1, 0.15) is 11.2 Å². The third-order valence-electron chi connectivity index (χ3n) is 3.27. The van der Waals surface area contributed by atoms with Gasteiger partial charge in [-0.15, -0.1) is 12.3 Å². The lowest BCUT2D eigenvalue weighted by Crippen LogP contribution is -2.35. The third kappa shape index (κ3) is 1.29. The Morgan fingerprint density at radius 1 is 1.50 bits per heavy atom. The monoisotopic (exact) mass is 212 g/mol. The van der Waals surface area contributed by atoms with Crippen molar-refractivity contribution in [3.05, 3.63) is 35.4 Å². The highest BCUT2D eigenvalue weighted by Gasteiger charge is 2.48. The van der Waals surface area contributed by atoms with Crippen LogP contribution in [0.5, 0.6) is 0 Å². The first-order valence-corrected chi connectivity index (χ1v) is 5.19. The fourth-order valence-electron chi connectivity index (χ4n) is 2.28. The van der Waals surface area contributed by atoms with Gasteiger partial charge in [-0.2, -0.15) is 0 Å². The molecule has 0 aliphatic heterocycles. The molecule has 2 nitrogen and oxygen atoms in total. The van der Waals surface area contributed by atoms with E-state index in [0.29, 0.717) is 12.0 Å². The predicted octanol–water partition coefficient (Wildman–Crippen LogP) is 2.02. The van der Waals surface area contributed by atoms with Crippen LogP contribution in [0.4, 0.5) is 0 Å². The molecule has 1 aromatic carbocycles. The summed E-state index contributed by atoms with van der Waals surface area (Å²) in [6, 6.07) is 7.33. The normalized spacial score (nSPS) is 22.6. The van der Waals surface area contributed by atoms with Gasteiger partial charge in [0.2, 0.25) is 0 Å². The SMILES string of the molecule is C#CCC1(C(C)=O)Cc2ccccc2C1=O. The van der Waals surface area contributed by atoms with Crippen molar-refractivity contribution < 1.29 is 9.59 Å². The van der Waals surface area contributed by atoms with Crippen molar-refractivity contribution >= 4 is 11.6 Å². The lowest BCUT2D eigenvalue weighted by molar-refractivity contribution is -0.123. The minimum Gasteiger partial charge on any atom is -0.299 e. The summed E-state index contributed by atoms with van der Waals surface area (Å²) in [6.07, 6.45) is 5.91. The van der Waals surface area contributed by atoms with E-state index < -0.39 is 5.41 Å². The maximum absolute atomic E-state index is 12.2. The van der Waals surface area contributed by atoms with Gasteiger partial charge >= 0.3 is 0 Å². The highest BCUT2D eigenvalue weighted by atomic mass is 16.2. The first kappa shape index (κ1) is 10.6. The molecule has 1 aromatic rings. The largest absolute Gasteiger partial charge is 0.299 e. The topological polar surface area (TPSA) is 34.1 Å². The Kier molecular flexibility index (Phi) is 2.40. The van der Waals surface area contributed by atoms with Crippen molar-refractivity contribution in [3.8, 4) is 12.3 Å². The molecule has 0 radical (unpaired) electrons. The Morgan fingerprint density at radius 2 is 2.19 bits per heavy atom. The second kappa shape index (κ2) is 3.61. The molecule has 1 atom stereocenters. The number of carbonyl (C=O) groups is 2. The van der Waals surface area contributed by atoms with Gasteiger partial charge in [0.25, 0.3) is 0 Å². The highest BCUT2D eigenvalue weighted by Crippen LogP contribution is 2.40. The van der Waals surface area contributed by atoms with E-state index in [1.807, 2.05) is 18.2 Å². The number of hydrogen-bond acceptors (Lipinski definition) is 2. The average Bonchev–Trinajstić information content (AvgIpc) is 2.55. The van der Waals surface area contributed by atoms with Crippen LogP contribution in [0.2, 0.25) is 0 Å². The number of benzene rings is 1. The van der Waals surface area contributed by atoms with Gasteiger partial charge in [-0.1, -0.05) is 24.3 Å². The summed E-state index contributed by atoms with van der Waals surface area (Å²) in [6.45, 7) is 1.45. The van der Waals surface area contributed by atoms with Gasteiger partial charge < -0.3 is 0 Å². The van der Waals surface area contributed by atoms with Gasteiger partial charge in [0.05, 0.1) is 0 Å². The second-order valence-corrected chi connectivity index (χ2v) is 4.18. The molecule has 2 rings (SSSR count). The zero-order chi connectivity index (χ0) is 11.8. The number of Topliss-reactive ketones (excluding diaryl/α,β-unsaturated/α-hetero) is 2. The van der Waals surface area contributed by atoms with Crippen LogP contribution in [0.1, 0.15) is 29.3 Å². The van der Waals surface area contributed by atoms with Gasteiger partial charge in [-0.25, -0.2) is 0 Å². The summed E-state index contributed by atoms with van der Waals surface area (Å²) in [5, 5.41) is 0. The summed E-state index contributed by atoms with van der Waals surface area (Å²) in [7, 11) is 0. The zero-order valence-electron chi connectivity index (χ0n) is 9.12. The van der Waals surface area contributed by atoms with Crippen LogP contribution >= 0.6 is 0 Å². The number of rotatable bonds is 2. The van der Waals surface area contributed by atoms with E-state index >= 15 is 0 Å². The number of ketones is 2. The summed E-state index contributed by atoms with van der Waals surface area (Å²) >= 11 is 0. The van der Waals surface area contributed by atoms with Crippen LogP contribution < -0.4 is 0 Å². The first-order valence-electron chi connectivity index (χ1n) is 5.19. The summed E-state index contributed by atoms with van der Waals surface area (Å²) in [4.78, 5) is 24.0. The van der Waals surface area contributed by atoms with E-state index in [9.17, 15) is 9.59 Å². The molecule has 0 saturated heterocycles. The standard InChI is InChI=1S/C14H12O2/c1-3-8-14(10(2)15)9-11-6-4-5-7-12(11)13(14)16/h1,4-7H,8-9H2,2H3. The number of carbonyl (C=O) groups excluding carboxylic acids is 2. The molecule has 0 spiro atoms. The molecule has 2 heteroatoms. The molecule has 0 heterocycles. The Hall–Kier alpha value is -1.88. The van der Waals surface area contributed by atoms with E-state index in [2.05, 4.69) is 5.92 Å². The molecule has 16 heavy (non-hydrogen) atoms. The Balaban J connectivity index is 2.54. The first-order chi connectivity index (χ1) is 7.62. The Morgan fingerprint density at radius 3 is 2.75 bits per heavy atom. The number of terminal acetylenes is 1. The van der Waals surface area contributed by atoms with E-state index in [1.54, 1.807) is 6.07 Å². The van der Waals surface area contributed by atoms with Crippen molar-refractivity contribution in [1.82, 2.24) is 0 Å². The van der Waals surface area contributed by atoms with E-state index in [1.165, 1.54) is 6.92 Å². The second-order valence-electron chi connectivity index (χ2n) is 4.18. The highest BCUT2D eigenvalue weighted by molar-refractivity contribution is 6.17. The lowest BCUT2D eigenvalue weighted by atomic mass is 9.77.